The number of alkyl halides is 3. The van der Waals surface area contributed by atoms with Gasteiger partial charge in [-0.05, 0) is 35.9 Å². The van der Waals surface area contributed by atoms with Gasteiger partial charge in [0.15, 0.2) is 0 Å². The molecular formula is C19H15F3N2O4. The van der Waals surface area contributed by atoms with Gasteiger partial charge in [-0.25, -0.2) is 0 Å². The zero-order valence-electron chi connectivity index (χ0n) is 14.7. The second-order valence-corrected chi connectivity index (χ2v) is 6.19. The summed E-state index contributed by atoms with van der Waals surface area (Å²) in [4.78, 5) is 37.2. The lowest BCUT2D eigenvalue weighted by Crippen LogP contribution is -2.24. The first-order valence-corrected chi connectivity index (χ1v) is 8.17. The van der Waals surface area contributed by atoms with Crippen LogP contribution in [0, 0.1) is 0 Å². The Labute approximate surface area is 157 Å². The maximum atomic E-state index is 12.3. The summed E-state index contributed by atoms with van der Waals surface area (Å²) in [6, 6.07) is 10.3. The van der Waals surface area contributed by atoms with Crippen LogP contribution in [0.3, 0.4) is 0 Å². The Kier molecular flexibility index (Phi) is 5.19. The minimum Gasteiger partial charge on any atom is -0.367 e. The lowest BCUT2D eigenvalue weighted by Gasteiger charge is -2.09. The highest BCUT2D eigenvalue weighted by atomic mass is 19.4. The van der Waals surface area contributed by atoms with Crippen LogP contribution >= 0.6 is 0 Å². The van der Waals surface area contributed by atoms with E-state index in [0.29, 0.717) is 11.3 Å². The molecule has 3 amide bonds. The summed E-state index contributed by atoms with van der Waals surface area (Å²) >= 11 is 0. The Balaban J connectivity index is 1.64. The van der Waals surface area contributed by atoms with Crippen molar-refractivity contribution in [3.63, 3.8) is 0 Å². The number of carbonyl (C=O) groups excluding carboxylic acids is 3. The number of carbonyl (C=O) groups is 3. The van der Waals surface area contributed by atoms with Crippen LogP contribution in [0.4, 0.5) is 18.9 Å². The quantitative estimate of drug-likeness (QED) is 0.793. The highest BCUT2D eigenvalue weighted by Crippen LogP contribution is 2.25. The molecule has 0 bridgehead atoms. The van der Waals surface area contributed by atoms with Crippen molar-refractivity contribution in [1.29, 1.82) is 0 Å². The van der Waals surface area contributed by atoms with E-state index in [2.05, 4.69) is 10.1 Å². The molecule has 0 saturated heterocycles. The number of anilines is 1. The van der Waals surface area contributed by atoms with Crippen LogP contribution in [0.25, 0.3) is 0 Å². The molecule has 2 aromatic carbocycles. The van der Waals surface area contributed by atoms with Gasteiger partial charge < -0.3 is 10.1 Å². The third-order valence-electron chi connectivity index (χ3n) is 4.10. The predicted molar refractivity (Wildman–Crippen MR) is 93.0 cm³/mol. The number of nitrogens with zero attached hydrogens (tertiary/aromatic N) is 1. The van der Waals surface area contributed by atoms with Crippen molar-refractivity contribution in [3.8, 4) is 0 Å². The molecule has 0 radical (unpaired) electrons. The highest BCUT2D eigenvalue weighted by Gasteiger charge is 2.32. The fourth-order valence-electron chi connectivity index (χ4n) is 2.68. The fraction of sp³-hybridized carbons (Fsp3) is 0.211. The molecule has 1 aliphatic rings. The number of hydrogen-bond acceptors (Lipinski definition) is 4. The normalized spacial score (nSPS) is 13.6. The van der Waals surface area contributed by atoms with Gasteiger partial charge in [0.1, 0.15) is 6.61 Å². The van der Waals surface area contributed by atoms with Gasteiger partial charge in [-0.15, -0.1) is 0 Å². The molecule has 1 N–H and O–H groups in total. The van der Waals surface area contributed by atoms with E-state index in [1.807, 2.05) is 0 Å². The van der Waals surface area contributed by atoms with E-state index < -0.39 is 30.5 Å². The fourth-order valence-corrected chi connectivity index (χ4v) is 2.68. The van der Waals surface area contributed by atoms with Gasteiger partial charge in [-0.1, -0.05) is 12.1 Å². The lowest BCUT2D eigenvalue weighted by atomic mass is 10.1. The topological polar surface area (TPSA) is 75.7 Å². The lowest BCUT2D eigenvalue weighted by molar-refractivity contribution is -0.176. The van der Waals surface area contributed by atoms with Crippen molar-refractivity contribution < 1.29 is 32.3 Å². The van der Waals surface area contributed by atoms with Crippen molar-refractivity contribution >= 4 is 23.4 Å². The predicted octanol–water partition coefficient (Wildman–Crippen LogP) is 3.24. The Morgan fingerprint density at radius 2 is 1.68 bits per heavy atom. The highest BCUT2D eigenvalue weighted by molar-refractivity contribution is 6.21. The SMILES string of the molecule is CN1C(=O)c2ccc(NC(=O)c3ccc(COCC(F)(F)F)cc3)cc2C1=O. The molecule has 0 saturated carbocycles. The minimum atomic E-state index is -4.39. The molecular weight excluding hydrogens is 377 g/mol. The monoisotopic (exact) mass is 392 g/mol. The number of ether oxygens (including phenoxy) is 1. The van der Waals surface area contributed by atoms with Crippen LogP contribution in [0.1, 0.15) is 36.6 Å². The van der Waals surface area contributed by atoms with E-state index in [1.165, 1.54) is 49.5 Å². The van der Waals surface area contributed by atoms with Crippen molar-refractivity contribution in [3.05, 3.63) is 64.7 Å². The summed E-state index contributed by atoms with van der Waals surface area (Å²) in [5, 5.41) is 2.62. The first-order valence-electron chi connectivity index (χ1n) is 8.17. The van der Waals surface area contributed by atoms with Crippen LogP contribution in [-0.4, -0.2) is 42.5 Å². The van der Waals surface area contributed by atoms with Crippen LogP contribution in [0.5, 0.6) is 0 Å². The van der Waals surface area contributed by atoms with E-state index >= 15 is 0 Å². The number of imide groups is 1. The summed E-state index contributed by atoms with van der Waals surface area (Å²) < 4.78 is 40.8. The van der Waals surface area contributed by atoms with E-state index in [-0.39, 0.29) is 23.3 Å². The number of fused-ring (bicyclic) bond motifs is 1. The largest absolute Gasteiger partial charge is 0.411 e. The van der Waals surface area contributed by atoms with Crippen molar-refractivity contribution in [2.24, 2.45) is 0 Å². The summed E-state index contributed by atoms with van der Waals surface area (Å²) in [6.07, 6.45) is -4.39. The molecule has 9 heteroatoms. The standard InChI is InChI=1S/C19H15F3N2O4/c1-24-17(26)14-7-6-13(8-15(14)18(24)27)23-16(25)12-4-2-11(3-5-12)9-28-10-19(20,21)22/h2-8H,9-10H2,1H3,(H,23,25). The summed E-state index contributed by atoms with van der Waals surface area (Å²) in [7, 11) is 1.38. The second kappa shape index (κ2) is 7.43. The number of benzene rings is 2. The van der Waals surface area contributed by atoms with Gasteiger partial charge in [0.05, 0.1) is 17.7 Å². The summed E-state index contributed by atoms with van der Waals surface area (Å²) in [5.74, 6) is -1.31. The molecule has 3 rings (SSSR count). The van der Waals surface area contributed by atoms with Gasteiger partial charge in [0.2, 0.25) is 0 Å². The number of halogens is 3. The zero-order valence-corrected chi connectivity index (χ0v) is 14.7. The molecule has 0 spiro atoms. The van der Waals surface area contributed by atoms with E-state index in [9.17, 15) is 27.6 Å². The molecule has 0 aliphatic carbocycles. The summed E-state index contributed by atoms with van der Waals surface area (Å²) in [5.41, 5.74) is 1.60. The molecule has 0 fully saturated rings. The van der Waals surface area contributed by atoms with Crippen molar-refractivity contribution in [2.75, 3.05) is 19.0 Å². The van der Waals surface area contributed by atoms with Crippen molar-refractivity contribution in [2.45, 2.75) is 12.8 Å². The minimum absolute atomic E-state index is 0.211. The van der Waals surface area contributed by atoms with Gasteiger partial charge >= 0.3 is 6.18 Å². The van der Waals surface area contributed by atoms with Crippen LogP contribution in [-0.2, 0) is 11.3 Å². The van der Waals surface area contributed by atoms with E-state index in [0.717, 1.165) is 4.90 Å². The number of amides is 3. The van der Waals surface area contributed by atoms with Crippen molar-refractivity contribution in [1.82, 2.24) is 4.90 Å². The van der Waals surface area contributed by atoms with E-state index in [1.54, 1.807) is 0 Å². The van der Waals surface area contributed by atoms with Gasteiger partial charge in [0.25, 0.3) is 17.7 Å². The Morgan fingerprint density at radius 1 is 1.04 bits per heavy atom. The molecule has 1 aliphatic heterocycles. The summed E-state index contributed by atoms with van der Waals surface area (Å²) in [6.45, 7) is -1.57. The molecule has 146 valence electrons. The molecule has 0 unspecified atom stereocenters. The number of rotatable bonds is 5. The van der Waals surface area contributed by atoms with Crippen LogP contribution in [0.15, 0.2) is 42.5 Å². The third kappa shape index (κ3) is 4.20. The number of hydrogen-bond donors (Lipinski definition) is 1. The maximum Gasteiger partial charge on any atom is 0.411 e. The van der Waals surface area contributed by atoms with Crippen LogP contribution in [0.2, 0.25) is 0 Å². The molecule has 0 atom stereocenters. The Bertz CT molecular complexity index is 939. The first-order chi connectivity index (χ1) is 13.2. The molecule has 28 heavy (non-hydrogen) atoms. The van der Waals surface area contributed by atoms with Gasteiger partial charge in [-0.3, -0.25) is 19.3 Å². The molecule has 1 heterocycles. The molecule has 2 aromatic rings. The Morgan fingerprint density at radius 3 is 2.32 bits per heavy atom. The van der Waals surface area contributed by atoms with Gasteiger partial charge in [-0.2, -0.15) is 13.2 Å². The smallest absolute Gasteiger partial charge is 0.367 e. The zero-order chi connectivity index (χ0) is 20.5. The van der Waals surface area contributed by atoms with Crippen LogP contribution < -0.4 is 5.32 Å². The van der Waals surface area contributed by atoms with E-state index in [4.69, 9.17) is 0 Å². The third-order valence-corrected chi connectivity index (χ3v) is 4.10. The number of nitrogens with one attached hydrogen (secondary N) is 1. The van der Waals surface area contributed by atoms with Gasteiger partial charge in [0, 0.05) is 18.3 Å². The maximum absolute atomic E-state index is 12.3. The molecule has 6 nitrogen and oxygen atoms in total. The first kappa shape index (κ1) is 19.6. The Hall–Kier alpha value is -3.20. The molecule has 0 aromatic heterocycles. The average molecular weight is 392 g/mol. The second-order valence-electron chi connectivity index (χ2n) is 6.19. The average Bonchev–Trinajstić information content (AvgIpc) is 2.85.